The molecule has 1 aliphatic rings. The molecule has 6 heteroatoms. The third kappa shape index (κ3) is 2.06. The Morgan fingerprint density at radius 3 is 2.44 bits per heavy atom. The van der Waals surface area contributed by atoms with E-state index < -0.39 is 11.6 Å². The van der Waals surface area contributed by atoms with Crippen LogP contribution in [0.3, 0.4) is 0 Å². The van der Waals surface area contributed by atoms with E-state index in [9.17, 15) is 9.59 Å². The number of aldehydes is 1. The summed E-state index contributed by atoms with van der Waals surface area (Å²) in [5.41, 5.74) is -0.970. The van der Waals surface area contributed by atoms with E-state index in [0.29, 0.717) is 19.1 Å². The van der Waals surface area contributed by atoms with Crippen LogP contribution in [0.25, 0.3) is 0 Å². The van der Waals surface area contributed by atoms with Gasteiger partial charge in [-0.25, -0.2) is 4.79 Å². The number of halogens is 2. The van der Waals surface area contributed by atoms with E-state index >= 15 is 0 Å². The highest BCUT2D eigenvalue weighted by Crippen LogP contribution is 2.41. The molecule has 0 bridgehead atoms. The van der Waals surface area contributed by atoms with Crippen molar-refractivity contribution < 1.29 is 19.4 Å². The Hall–Kier alpha value is -1.26. The van der Waals surface area contributed by atoms with Crippen LogP contribution in [0.2, 0.25) is 10.0 Å². The second-order valence-corrected chi connectivity index (χ2v) is 4.91. The highest BCUT2D eigenvalue weighted by Gasteiger charge is 2.47. The normalized spacial score (nSPS) is 16.8. The first-order valence-corrected chi connectivity index (χ1v) is 6.11. The number of ether oxygens (including phenoxy) is 1. The van der Waals surface area contributed by atoms with Crippen LogP contribution in [0.4, 0.5) is 0 Å². The molecule has 1 N–H and O–H groups in total. The van der Waals surface area contributed by atoms with Crippen LogP contribution in [0, 0.1) is 0 Å². The van der Waals surface area contributed by atoms with E-state index in [1.165, 1.54) is 12.1 Å². The molecule has 1 aromatic rings. The largest absolute Gasteiger partial charge is 0.478 e. The van der Waals surface area contributed by atoms with Crippen molar-refractivity contribution in [1.82, 2.24) is 0 Å². The molecule has 0 spiro atoms. The van der Waals surface area contributed by atoms with Crippen LogP contribution < -0.4 is 4.74 Å². The van der Waals surface area contributed by atoms with Gasteiger partial charge in [-0.3, -0.25) is 4.79 Å². The van der Waals surface area contributed by atoms with Crippen molar-refractivity contribution in [3.63, 3.8) is 0 Å². The summed E-state index contributed by atoms with van der Waals surface area (Å²) in [5.74, 6) is -0.824. The van der Waals surface area contributed by atoms with Gasteiger partial charge in [-0.15, -0.1) is 0 Å². The van der Waals surface area contributed by atoms with Crippen molar-refractivity contribution in [2.45, 2.75) is 24.9 Å². The molecule has 0 aliphatic heterocycles. The highest BCUT2D eigenvalue weighted by atomic mass is 35.5. The Bertz CT molecular complexity index is 509. The Kier molecular flexibility index (Phi) is 3.50. The predicted molar refractivity (Wildman–Crippen MR) is 66.7 cm³/mol. The van der Waals surface area contributed by atoms with Crippen LogP contribution >= 0.6 is 23.2 Å². The molecule has 1 aliphatic carbocycles. The lowest BCUT2D eigenvalue weighted by Gasteiger charge is -2.37. The maximum atomic E-state index is 11.2. The van der Waals surface area contributed by atoms with Gasteiger partial charge >= 0.3 is 5.97 Å². The number of carbonyl (C=O) groups is 2. The third-order valence-corrected chi connectivity index (χ3v) is 3.94. The van der Waals surface area contributed by atoms with Gasteiger partial charge in [-0.05, 0) is 31.4 Å². The van der Waals surface area contributed by atoms with Crippen molar-refractivity contribution in [1.29, 1.82) is 0 Å². The maximum Gasteiger partial charge on any atom is 0.348 e. The van der Waals surface area contributed by atoms with E-state index in [1.54, 1.807) is 0 Å². The van der Waals surface area contributed by atoms with Gasteiger partial charge in [0.05, 0.1) is 5.02 Å². The Balaban J connectivity index is 2.33. The fourth-order valence-electron chi connectivity index (χ4n) is 1.78. The molecule has 1 saturated carbocycles. The number of benzene rings is 1. The highest BCUT2D eigenvalue weighted by molar-refractivity contribution is 6.44. The summed E-state index contributed by atoms with van der Waals surface area (Å²) >= 11 is 11.8. The number of aliphatic carboxylic acids is 1. The van der Waals surface area contributed by atoms with Crippen LogP contribution in [-0.2, 0) is 4.79 Å². The number of carboxylic acids is 1. The maximum absolute atomic E-state index is 11.2. The minimum absolute atomic E-state index is 0.0637. The van der Waals surface area contributed by atoms with Gasteiger partial charge in [0.25, 0.3) is 0 Å². The molecule has 4 nitrogen and oxygen atoms in total. The summed E-state index contributed by atoms with van der Waals surface area (Å²) in [5, 5.41) is 9.29. The minimum atomic E-state index is -1.21. The summed E-state index contributed by atoms with van der Waals surface area (Å²) in [6.07, 6.45) is 2.25. The summed E-state index contributed by atoms with van der Waals surface area (Å²) in [7, 11) is 0. The van der Waals surface area contributed by atoms with E-state index in [4.69, 9.17) is 33.0 Å². The SMILES string of the molecule is O=Cc1ccc(OC2(C(=O)O)CCC2)c(Cl)c1Cl. The molecule has 0 saturated heterocycles. The zero-order chi connectivity index (χ0) is 13.3. The third-order valence-electron chi connectivity index (χ3n) is 3.06. The quantitative estimate of drug-likeness (QED) is 0.864. The molecule has 18 heavy (non-hydrogen) atoms. The Morgan fingerprint density at radius 2 is 2.00 bits per heavy atom. The van der Waals surface area contributed by atoms with Crippen LogP contribution in [0.5, 0.6) is 5.75 Å². The van der Waals surface area contributed by atoms with Gasteiger partial charge in [0.15, 0.2) is 6.29 Å². The zero-order valence-electron chi connectivity index (χ0n) is 9.28. The van der Waals surface area contributed by atoms with Crippen molar-refractivity contribution in [3.05, 3.63) is 27.7 Å². The standard InChI is InChI=1S/C12H10Cl2O4/c13-9-7(6-15)2-3-8(10(9)14)18-12(11(16)17)4-1-5-12/h2-3,6H,1,4-5H2,(H,16,17). The molecule has 0 heterocycles. The average Bonchev–Trinajstić information content (AvgIpc) is 2.28. The Labute approximate surface area is 113 Å². The predicted octanol–water partition coefficient (Wildman–Crippen LogP) is 3.19. The molecule has 1 fully saturated rings. The van der Waals surface area contributed by atoms with Gasteiger partial charge in [-0.2, -0.15) is 0 Å². The molecule has 0 unspecified atom stereocenters. The zero-order valence-corrected chi connectivity index (χ0v) is 10.8. The summed E-state index contributed by atoms with van der Waals surface area (Å²) in [6.45, 7) is 0. The number of carbonyl (C=O) groups excluding carboxylic acids is 1. The number of hydrogen-bond donors (Lipinski definition) is 1. The van der Waals surface area contributed by atoms with Crippen LogP contribution in [0.15, 0.2) is 12.1 Å². The molecule has 1 aromatic carbocycles. The van der Waals surface area contributed by atoms with Gasteiger partial charge < -0.3 is 9.84 Å². The van der Waals surface area contributed by atoms with Gasteiger partial charge in [0.2, 0.25) is 5.60 Å². The molecule has 0 amide bonds. The second kappa shape index (κ2) is 4.78. The molecular weight excluding hydrogens is 279 g/mol. The average molecular weight is 289 g/mol. The van der Waals surface area contributed by atoms with Gasteiger partial charge in [0, 0.05) is 5.56 Å². The first-order chi connectivity index (χ1) is 8.50. The summed E-state index contributed by atoms with van der Waals surface area (Å²) in [6, 6.07) is 2.91. The molecule has 2 rings (SSSR count). The van der Waals surface area contributed by atoms with Crippen molar-refractivity contribution in [3.8, 4) is 5.75 Å². The fourth-order valence-corrected chi connectivity index (χ4v) is 2.20. The second-order valence-electron chi connectivity index (χ2n) is 4.15. The molecule has 0 aromatic heterocycles. The number of carboxylic acid groups (broad SMARTS) is 1. The minimum Gasteiger partial charge on any atom is -0.478 e. The summed E-state index contributed by atoms with van der Waals surface area (Å²) < 4.78 is 5.48. The van der Waals surface area contributed by atoms with E-state index in [0.717, 1.165) is 6.42 Å². The fraction of sp³-hybridized carbons (Fsp3) is 0.333. The van der Waals surface area contributed by atoms with Crippen LogP contribution in [-0.4, -0.2) is 23.0 Å². The lowest BCUT2D eigenvalue weighted by atomic mass is 9.80. The van der Waals surface area contributed by atoms with Gasteiger partial charge in [-0.1, -0.05) is 23.2 Å². The van der Waals surface area contributed by atoms with Crippen molar-refractivity contribution >= 4 is 35.5 Å². The molecule has 0 radical (unpaired) electrons. The summed E-state index contributed by atoms with van der Waals surface area (Å²) in [4.78, 5) is 21.8. The van der Waals surface area contributed by atoms with E-state index in [2.05, 4.69) is 0 Å². The van der Waals surface area contributed by atoms with Crippen molar-refractivity contribution in [2.24, 2.45) is 0 Å². The van der Waals surface area contributed by atoms with E-state index in [1.807, 2.05) is 0 Å². The number of rotatable bonds is 4. The molecular formula is C12H10Cl2O4. The lowest BCUT2D eigenvalue weighted by Crippen LogP contribution is -2.50. The molecule has 96 valence electrons. The monoisotopic (exact) mass is 288 g/mol. The lowest BCUT2D eigenvalue weighted by molar-refractivity contribution is -0.163. The van der Waals surface area contributed by atoms with Crippen LogP contribution in [0.1, 0.15) is 29.6 Å². The molecule has 0 atom stereocenters. The van der Waals surface area contributed by atoms with E-state index in [-0.39, 0.29) is 21.4 Å². The smallest absolute Gasteiger partial charge is 0.348 e. The van der Waals surface area contributed by atoms with Crippen molar-refractivity contribution in [2.75, 3.05) is 0 Å². The Morgan fingerprint density at radius 1 is 1.33 bits per heavy atom. The number of hydrogen-bond acceptors (Lipinski definition) is 3. The van der Waals surface area contributed by atoms with Gasteiger partial charge in [0.1, 0.15) is 10.8 Å². The first-order valence-electron chi connectivity index (χ1n) is 5.36. The first kappa shape index (κ1) is 13.2. The topological polar surface area (TPSA) is 63.6 Å².